The number of hydrogen-bond donors (Lipinski definition) is 1. The Morgan fingerprint density at radius 2 is 1.91 bits per heavy atom. The average molecular weight is 481 g/mol. The number of fused-ring (bicyclic) bond motifs is 1. The van der Waals surface area contributed by atoms with Crippen LogP contribution in [0.15, 0.2) is 42.7 Å². The molecular weight excluding hydrogens is 442 g/mol. The predicted octanol–water partition coefficient (Wildman–Crippen LogP) is 3.77. The Kier molecular flexibility index (Phi) is 7.03. The minimum Gasteiger partial charge on any atom is -0.459 e. The first kappa shape index (κ1) is 25.0. The summed E-state index contributed by atoms with van der Waals surface area (Å²) in [4.78, 5) is 30.4. The largest absolute Gasteiger partial charge is 0.459 e. The van der Waals surface area contributed by atoms with E-state index in [9.17, 15) is 9.59 Å². The first-order valence-corrected chi connectivity index (χ1v) is 12.5. The lowest BCUT2D eigenvalue weighted by Gasteiger charge is -2.34. The lowest BCUT2D eigenvalue weighted by molar-refractivity contribution is -0.920. The Morgan fingerprint density at radius 3 is 2.63 bits per heavy atom. The van der Waals surface area contributed by atoms with Gasteiger partial charge < -0.3 is 14.1 Å². The molecule has 1 aromatic carbocycles. The molecule has 0 saturated carbocycles. The van der Waals surface area contributed by atoms with Crippen molar-refractivity contribution in [3.8, 4) is 0 Å². The van der Waals surface area contributed by atoms with Gasteiger partial charge in [0.1, 0.15) is 12.1 Å². The first-order chi connectivity index (χ1) is 16.6. The standard InChI is InChI=1S/C27H38N5O3/c1-20(2)35-25(33)22-17-31(19-27(3,4)23-16-28-29-24(22)23)26(34)30-12-9-14-32(5,15-13-30)18-21-10-7-6-8-11-21/h6-8,10-11,16-17,20H,9,12-15,18-19H2,1-5H3,(H,28,29)/q+1. The summed E-state index contributed by atoms with van der Waals surface area (Å²) in [6, 6.07) is 10.5. The van der Waals surface area contributed by atoms with E-state index >= 15 is 0 Å². The van der Waals surface area contributed by atoms with Gasteiger partial charge in [0.05, 0.1) is 44.7 Å². The molecular formula is C27H38N5O3+. The molecule has 3 heterocycles. The van der Waals surface area contributed by atoms with Gasteiger partial charge in [-0.25, -0.2) is 9.59 Å². The number of aromatic nitrogens is 2. The van der Waals surface area contributed by atoms with Crippen LogP contribution >= 0.6 is 0 Å². The maximum absolute atomic E-state index is 13.8. The second-order valence-electron chi connectivity index (χ2n) is 11.0. The normalized spacial score (nSPS) is 22.2. The molecule has 8 heteroatoms. The number of amides is 2. The van der Waals surface area contributed by atoms with Crippen LogP contribution in [0.3, 0.4) is 0 Å². The lowest BCUT2D eigenvalue weighted by Crippen LogP contribution is -2.48. The Labute approximate surface area is 208 Å². The van der Waals surface area contributed by atoms with Crippen LogP contribution in [0.5, 0.6) is 0 Å². The number of likely N-dealkylation sites (N-methyl/N-ethyl adjacent to an activating group) is 1. The number of esters is 1. The molecule has 2 aliphatic rings. The van der Waals surface area contributed by atoms with Gasteiger partial charge >= 0.3 is 12.0 Å². The van der Waals surface area contributed by atoms with E-state index in [-0.39, 0.29) is 12.1 Å². The molecule has 0 aliphatic carbocycles. The third-order valence-electron chi connectivity index (χ3n) is 7.01. The number of carbonyl (C=O) groups is 2. The topological polar surface area (TPSA) is 78.5 Å². The molecule has 1 saturated heterocycles. The molecule has 1 atom stereocenters. The number of H-pyrrole nitrogens is 1. The zero-order valence-electron chi connectivity index (χ0n) is 21.6. The monoisotopic (exact) mass is 480 g/mol. The van der Waals surface area contributed by atoms with Gasteiger partial charge in [-0.15, -0.1) is 0 Å². The number of ether oxygens (including phenoxy) is 1. The number of nitrogens with zero attached hydrogens (tertiary/aromatic N) is 4. The zero-order valence-corrected chi connectivity index (χ0v) is 21.6. The van der Waals surface area contributed by atoms with Gasteiger partial charge in [0.25, 0.3) is 0 Å². The number of carbonyl (C=O) groups excluding carboxylic acids is 2. The summed E-state index contributed by atoms with van der Waals surface area (Å²) in [5.74, 6) is -0.455. The number of benzene rings is 1. The van der Waals surface area contributed by atoms with E-state index < -0.39 is 11.4 Å². The van der Waals surface area contributed by atoms with Gasteiger partial charge in [0.15, 0.2) is 0 Å². The molecule has 1 N–H and O–H groups in total. The molecule has 2 amide bonds. The number of quaternary nitrogens is 1. The minimum atomic E-state index is -0.455. The van der Waals surface area contributed by atoms with Crippen molar-refractivity contribution in [1.82, 2.24) is 20.0 Å². The molecule has 1 fully saturated rings. The molecule has 2 aliphatic heterocycles. The molecule has 1 unspecified atom stereocenters. The Hall–Kier alpha value is -3.13. The fourth-order valence-corrected chi connectivity index (χ4v) is 5.12. The van der Waals surface area contributed by atoms with Crippen molar-refractivity contribution in [3.63, 3.8) is 0 Å². The van der Waals surface area contributed by atoms with Crippen LogP contribution in [0.2, 0.25) is 0 Å². The fraction of sp³-hybridized carbons (Fsp3) is 0.519. The summed E-state index contributed by atoms with van der Waals surface area (Å²) in [6.07, 6.45) is 4.07. The van der Waals surface area contributed by atoms with Crippen LogP contribution in [-0.2, 0) is 21.5 Å². The summed E-state index contributed by atoms with van der Waals surface area (Å²) in [5, 5.41) is 7.15. The Morgan fingerprint density at radius 1 is 1.17 bits per heavy atom. The Bertz CT molecular complexity index is 1090. The summed E-state index contributed by atoms with van der Waals surface area (Å²) in [7, 11) is 2.27. The van der Waals surface area contributed by atoms with Gasteiger partial charge in [0.2, 0.25) is 0 Å². The van der Waals surface area contributed by atoms with E-state index in [0.717, 1.165) is 36.1 Å². The summed E-state index contributed by atoms with van der Waals surface area (Å²) < 4.78 is 6.41. The van der Waals surface area contributed by atoms with Crippen molar-refractivity contribution in [3.05, 3.63) is 59.5 Å². The van der Waals surface area contributed by atoms with Crippen molar-refractivity contribution >= 4 is 17.6 Å². The molecule has 0 bridgehead atoms. The van der Waals surface area contributed by atoms with Crippen LogP contribution in [0.25, 0.3) is 5.57 Å². The zero-order chi connectivity index (χ0) is 25.2. The SMILES string of the molecule is CC(C)OC(=O)C1=CN(C(=O)N2CCC[N+](C)(Cc3ccccc3)CC2)CC(C)(C)c2cn[nH]c21. The lowest BCUT2D eigenvalue weighted by atomic mass is 9.84. The van der Waals surface area contributed by atoms with Crippen LogP contribution in [-0.4, -0.2) is 82.4 Å². The third-order valence-corrected chi connectivity index (χ3v) is 7.01. The maximum Gasteiger partial charge on any atom is 0.342 e. The van der Waals surface area contributed by atoms with E-state index in [0.29, 0.717) is 30.9 Å². The van der Waals surface area contributed by atoms with E-state index in [1.807, 2.05) is 24.8 Å². The highest BCUT2D eigenvalue weighted by molar-refractivity contribution is 6.16. The van der Waals surface area contributed by atoms with Crippen molar-refractivity contribution in [2.45, 2.75) is 52.2 Å². The highest BCUT2D eigenvalue weighted by atomic mass is 16.5. The molecule has 2 aromatic rings. The number of aromatic amines is 1. The Balaban J connectivity index is 1.56. The van der Waals surface area contributed by atoms with Crippen molar-refractivity contribution in [2.75, 3.05) is 39.8 Å². The fourth-order valence-electron chi connectivity index (χ4n) is 5.12. The summed E-state index contributed by atoms with van der Waals surface area (Å²) in [6.45, 7) is 12.4. The average Bonchev–Trinajstić information content (AvgIpc) is 3.16. The number of urea groups is 1. The van der Waals surface area contributed by atoms with Crippen molar-refractivity contribution < 1.29 is 18.8 Å². The predicted molar refractivity (Wildman–Crippen MR) is 135 cm³/mol. The van der Waals surface area contributed by atoms with Crippen LogP contribution in [0, 0.1) is 0 Å². The third kappa shape index (κ3) is 5.59. The molecule has 0 spiro atoms. The van der Waals surface area contributed by atoms with Crippen LogP contribution < -0.4 is 0 Å². The van der Waals surface area contributed by atoms with E-state index in [1.54, 1.807) is 17.3 Å². The highest BCUT2D eigenvalue weighted by Gasteiger charge is 2.38. The van der Waals surface area contributed by atoms with E-state index in [4.69, 9.17) is 4.74 Å². The van der Waals surface area contributed by atoms with Gasteiger partial charge in [-0.2, -0.15) is 5.10 Å². The molecule has 0 radical (unpaired) electrons. The highest BCUT2D eigenvalue weighted by Crippen LogP contribution is 2.35. The van der Waals surface area contributed by atoms with Crippen molar-refractivity contribution in [2.24, 2.45) is 0 Å². The van der Waals surface area contributed by atoms with Gasteiger partial charge in [0, 0.05) is 42.3 Å². The maximum atomic E-state index is 13.8. The number of rotatable bonds is 4. The van der Waals surface area contributed by atoms with E-state index in [2.05, 4.69) is 55.4 Å². The number of hydrogen-bond acceptors (Lipinski definition) is 4. The molecule has 188 valence electrons. The smallest absolute Gasteiger partial charge is 0.342 e. The molecule has 1 aromatic heterocycles. The summed E-state index contributed by atoms with van der Waals surface area (Å²) >= 11 is 0. The first-order valence-electron chi connectivity index (χ1n) is 12.5. The molecule has 35 heavy (non-hydrogen) atoms. The molecule has 4 rings (SSSR count). The minimum absolute atomic E-state index is 0.0702. The second-order valence-corrected chi connectivity index (χ2v) is 11.0. The van der Waals surface area contributed by atoms with Crippen molar-refractivity contribution in [1.29, 1.82) is 0 Å². The quantitative estimate of drug-likeness (QED) is 0.534. The van der Waals surface area contributed by atoms with Gasteiger partial charge in [-0.05, 0) is 13.8 Å². The summed E-state index contributed by atoms with van der Waals surface area (Å²) in [5.41, 5.74) is 2.79. The second kappa shape index (κ2) is 9.85. The molecule has 8 nitrogen and oxygen atoms in total. The van der Waals surface area contributed by atoms with Crippen LogP contribution in [0.1, 0.15) is 50.9 Å². The number of nitrogens with one attached hydrogen (secondary N) is 1. The van der Waals surface area contributed by atoms with Crippen LogP contribution in [0.4, 0.5) is 4.79 Å². The van der Waals surface area contributed by atoms with Gasteiger partial charge in [-0.3, -0.25) is 10.00 Å². The van der Waals surface area contributed by atoms with Gasteiger partial charge in [-0.1, -0.05) is 44.2 Å². The van der Waals surface area contributed by atoms with E-state index in [1.165, 1.54) is 5.56 Å².